The average molecular weight is 339 g/mol. The molecule has 1 atom stereocenters. The van der Waals surface area contributed by atoms with E-state index < -0.39 is 0 Å². The van der Waals surface area contributed by atoms with E-state index in [9.17, 15) is 0 Å². The van der Waals surface area contributed by atoms with Crippen LogP contribution in [0.15, 0.2) is 40.9 Å². The van der Waals surface area contributed by atoms with Crippen molar-refractivity contribution in [3.63, 3.8) is 0 Å². The van der Waals surface area contributed by atoms with Crippen molar-refractivity contribution in [1.82, 2.24) is 5.32 Å². The first-order valence-electron chi connectivity index (χ1n) is 6.23. The quantitative estimate of drug-likeness (QED) is 0.828. The van der Waals surface area contributed by atoms with Crippen LogP contribution in [-0.4, -0.2) is 7.05 Å². The van der Waals surface area contributed by atoms with Crippen LogP contribution < -0.4 is 5.32 Å². The largest absolute Gasteiger partial charge is 0.309 e. The fourth-order valence-corrected chi connectivity index (χ4v) is 3.21. The number of hydrogen-bond donors (Lipinski definition) is 1. The fraction of sp³-hybridized carbons (Fsp3) is 0.250. The van der Waals surface area contributed by atoms with Crippen molar-refractivity contribution in [2.45, 2.75) is 19.9 Å². The summed E-state index contributed by atoms with van der Waals surface area (Å²) in [6, 6.07) is 12.5. The Hall–Kier alpha value is -0.830. The van der Waals surface area contributed by atoms with Crippen LogP contribution in [0.25, 0.3) is 0 Å². The molecule has 1 nitrogen and oxygen atoms in total. The van der Waals surface area contributed by atoms with Crippen LogP contribution in [0.2, 0.25) is 5.02 Å². The third-order valence-electron chi connectivity index (χ3n) is 3.52. The van der Waals surface area contributed by atoms with Crippen molar-refractivity contribution < 1.29 is 0 Å². The summed E-state index contributed by atoms with van der Waals surface area (Å²) in [6.07, 6.45) is 0. The number of aryl methyl sites for hydroxylation is 1. The van der Waals surface area contributed by atoms with E-state index in [1.807, 2.05) is 19.2 Å². The summed E-state index contributed by atoms with van der Waals surface area (Å²) in [4.78, 5) is 0. The Morgan fingerprint density at radius 1 is 1.11 bits per heavy atom. The molecule has 100 valence electrons. The number of halogens is 2. The van der Waals surface area contributed by atoms with Gasteiger partial charge in [-0.1, -0.05) is 51.8 Å². The Kier molecular flexibility index (Phi) is 4.67. The number of benzene rings is 2. The lowest BCUT2D eigenvalue weighted by Gasteiger charge is -2.21. The molecule has 2 rings (SSSR count). The normalized spacial score (nSPS) is 12.5. The molecular formula is C16H17BrClN. The van der Waals surface area contributed by atoms with Gasteiger partial charge in [0.05, 0.1) is 6.04 Å². The molecule has 0 aliphatic rings. The maximum atomic E-state index is 6.02. The van der Waals surface area contributed by atoms with Crippen molar-refractivity contribution in [3.05, 3.63) is 68.1 Å². The van der Waals surface area contributed by atoms with Crippen molar-refractivity contribution in [3.8, 4) is 0 Å². The monoisotopic (exact) mass is 337 g/mol. The standard InChI is InChI=1S/C16H17BrClN/c1-10-5-4-6-13(11(10)2)16(19-3)14-8-7-12(18)9-15(14)17/h4-9,16,19H,1-3H3. The lowest BCUT2D eigenvalue weighted by Crippen LogP contribution is -2.19. The molecule has 0 saturated heterocycles. The summed E-state index contributed by atoms with van der Waals surface area (Å²) in [5, 5.41) is 4.13. The highest BCUT2D eigenvalue weighted by atomic mass is 79.9. The second-order valence-corrected chi connectivity index (χ2v) is 5.97. The molecule has 0 bridgehead atoms. The lowest BCUT2D eigenvalue weighted by molar-refractivity contribution is 0.684. The van der Waals surface area contributed by atoms with Gasteiger partial charge < -0.3 is 5.32 Å². The summed E-state index contributed by atoms with van der Waals surface area (Å²) in [5.41, 5.74) is 5.12. The van der Waals surface area contributed by atoms with Gasteiger partial charge in [-0.2, -0.15) is 0 Å². The predicted molar refractivity (Wildman–Crippen MR) is 86.0 cm³/mol. The van der Waals surface area contributed by atoms with E-state index in [0.717, 1.165) is 9.50 Å². The van der Waals surface area contributed by atoms with Gasteiger partial charge in [-0.3, -0.25) is 0 Å². The number of nitrogens with one attached hydrogen (secondary N) is 1. The molecule has 0 radical (unpaired) electrons. The van der Waals surface area contributed by atoms with Crippen molar-refractivity contribution >= 4 is 27.5 Å². The third-order valence-corrected chi connectivity index (χ3v) is 4.44. The molecule has 0 spiro atoms. The lowest BCUT2D eigenvalue weighted by atomic mass is 9.93. The smallest absolute Gasteiger partial charge is 0.0588 e. The zero-order chi connectivity index (χ0) is 14.0. The SMILES string of the molecule is CNC(c1ccc(Cl)cc1Br)c1cccc(C)c1C. The molecule has 2 aromatic rings. The van der Waals surface area contributed by atoms with E-state index in [-0.39, 0.29) is 6.04 Å². The molecule has 1 N–H and O–H groups in total. The highest BCUT2D eigenvalue weighted by molar-refractivity contribution is 9.10. The maximum Gasteiger partial charge on any atom is 0.0588 e. The molecule has 0 aromatic heterocycles. The van der Waals surface area contributed by atoms with Gasteiger partial charge in [-0.05, 0) is 55.3 Å². The minimum Gasteiger partial charge on any atom is -0.309 e. The van der Waals surface area contributed by atoms with Crippen molar-refractivity contribution in [2.24, 2.45) is 0 Å². The van der Waals surface area contributed by atoms with E-state index in [4.69, 9.17) is 11.6 Å². The van der Waals surface area contributed by atoms with Crippen LogP contribution in [0.3, 0.4) is 0 Å². The molecule has 0 amide bonds. The predicted octanol–water partition coefficient (Wildman–Crippen LogP) is 5.03. The second-order valence-electron chi connectivity index (χ2n) is 4.68. The van der Waals surface area contributed by atoms with Gasteiger partial charge in [0.1, 0.15) is 0 Å². The maximum absolute atomic E-state index is 6.02. The Bertz CT molecular complexity index is 595. The van der Waals surface area contributed by atoms with Gasteiger partial charge in [0.25, 0.3) is 0 Å². The number of rotatable bonds is 3. The van der Waals surface area contributed by atoms with Crippen LogP contribution in [0, 0.1) is 13.8 Å². The summed E-state index contributed by atoms with van der Waals surface area (Å²) in [7, 11) is 1.98. The summed E-state index contributed by atoms with van der Waals surface area (Å²) in [5.74, 6) is 0. The van der Waals surface area contributed by atoms with Crippen LogP contribution in [0.4, 0.5) is 0 Å². The Morgan fingerprint density at radius 2 is 1.84 bits per heavy atom. The Labute approximate surface area is 128 Å². The molecule has 0 saturated carbocycles. The van der Waals surface area contributed by atoms with Gasteiger partial charge in [-0.15, -0.1) is 0 Å². The summed E-state index contributed by atoms with van der Waals surface area (Å²) >= 11 is 9.62. The molecule has 3 heteroatoms. The van der Waals surface area contributed by atoms with Crippen LogP contribution in [0.1, 0.15) is 28.3 Å². The average Bonchev–Trinajstić information content (AvgIpc) is 2.37. The minimum absolute atomic E-state index is 0.159. The third kappa shape index (κ3) is 3.02. The van der Waals surface area contributed by atoms with Crippen molar-refractivity contribution in [2.75, 3.05) is 7.05 Å². The van der Waals surface area contributed by atoms with E-state index >= 15 is 0 Å². The summed E-state index contributed by atoms with van der Waals surface area (Å²) < 4.78 is 1.03. The van der Waals surface area contributed by atoms with E-state index in [0.29, 0.717) is 0 Å². The minimum atomic E-state index is 0.159. The zero-order valence-electron chi connectivity index (χ0n) is 11.3. The van der Waals surface area contributed by atoms with Crippen LogP contribution in [0.5, 0.6) is 0 Å². The summed E-state index contributed by atoms with van der Waals surface area (Å²) in [6.45, 7) is 4.31. The van der Waals surface area contributed by atoms with Gasteiger partial charge in [-0.25, -0.2) is 0 Å². The molecule has 2 aromatic carbocycles. The second kappa shape index (κ2) is 6.08. The first-order chi connectivity index (χ1) is 9.04. The zero-order valence-corrected chi connectivity index (χ0v) is 13.6. The van der Waals surface area contributed by atoms with Crippen molar-refractivity contribution in [1.29, 1.82) is 0 Å². The molecule has 0 heterocycles. The van der Waals surface area contributed by atoms with E-state index in [1.54, 1.807) is 0 Å². The molecule has 0 fully saturated rings. The molecular weight excluding hydrogens is 322 g/mol. The molecule has 19 heavy (non-hydrogen) atoms. The topological polar surface area (TPSA) is 12.0 Å². The molecule has 0 aliphatic carbocycles. The van der Waals surface area contributed by atoms with E-state index in [2.05, 4.69) is 59.4 Å². The highest BCUT2D eigenvalue weighted by Crippen LogP contribution is 2.32. The first-order valence-corrected chi connectivity index (χ1v) is 7.40. The molecule has 1 unspecified atom stereocenters. The van der Waals surface area contributed by atoms with Crippen LogP contribution in [-0.2, 0) is 0 Å². The van der Waals surface area contributed by atoms with Crippen LogP contribution >= 0.6 is 27.5 Å². The number of hydrogen-bond acceptors (Lipinski definition) is 1. The fourth-order valence-electron chi connectivity index (χ4n) is 2.30. The van der Waals surface area contributed by atoms with E-state index in [1.165, 1.54) is 22.3 Å². The van der Waals surface area contributed by atoms with Gasteiger partial charge in [0.2, 0.25) is 0 Å². The highest BCUT2D eigenvalue weighted by Gasteiger charge is 2.17. The first kappa shape index (κ1) is 14.6. The van der Waals surface area contributed by atoms with Gasteiger partial charge >= 0.3 is 0 Å². The van der Waals surface area contributed by atoms with Gasteiger partial charge in [0, 0.05) is 9.50 Å². The van der Waals surface area contributed by atoms with Gasteiger partial charge in [0.15, 0.2) is 0 Å². The Balaban J connectivity index is 2.53. The Morgan fingerprint density at radius 3 is 2.47 bits per heavy atom. The molecule has 0 aliphatic heterocycles.